The van der Waals surface area contributed by atoms with Gasteiger partial charge in [-0.3, -0.25) is 14.2 Å². The van der Waals surface area contributed by atoms with Gasteiger partial charge in [-0.25, -0.2) is 4.39 Å². The van der Waals surface area contributed by atoms with Crippen LogP contribution in [-0.4, -0.2) is 10.4 Å². The quantitative estimate of drug-likeness (QED) is 0.642. The van der Waals surface area contributed by atoms with E-state index in [0.717, 1.165) is 4.90 Å². The number of carbonyl (C=O) groups is 1. The fourth-order valence-electron chi connectivity index (χ4n) is 2.55. The van der Waals surface area contributed by atoms with Gasteiger partial charge in [-0.1, -0.05) is 30.0 Å². The van der Waals surface area contributed by atoms with Crippen LogP contribution >= 0.6 is 11.8 Å². The number of rotatable bonds is 4. The second kappa shape index (κ2) is 7.07. The summed E-state index contributed by atoms with van der Waals surface area (Å²) in [5, 5.41) is 0. The number of halogens is 1. The van der Waals surface area contributed by atoms with Gasteiger partial charge in [0, 0.05) is 22.3 Å². The molecule has 0 spiro atoms. The van der Waals surface area contributed by atoms with Crippen molar-refractivity contribution in [3.05, 3.63) is 88.1 Å². The van der Waals surface area contributed by atoms with Crippen molar-refractivity contribution in [2.75, 3.05) is 0 Å². The number of pyridine rings is 1. The van der Waals surface area contributed by atoms with Crippen molar-refractivity contribution < 1.29 is 9.18 Å². The molecule has 0 atom stereocenters. The smallest absolute Gasteiger partial charge is 0.269 e. The zero-order chi connectivity index (χ0) is 18.0. The minimum Gasteiger partial charge on any atom is -0.294 e. The Morgan fingerprint density at radius 1 is 1.04 bits per heavy atom. The maximum absolute atomic E-state index is 13.1. The summed E-state index contributed by atoms with van der Waals surface area (Å²) in [6.07, 6.45) is 1.59. The zero-order valence-corrected chi connectivity index (χ0v) is 14.6. The van der Waals surface area contributed by atoms with E-state index in [1.807, 2.05) is 30.3 Å². The average Bonchev–Trinajstić information content (AvgIpc) is 2.61. The molecule has 3 nitrogen and oxygen atoms in total. The number of ketones is 1. The van der Waals surface area contributed by atoms with Crippen molar-refractivity contribution in [3.63, 3.8) is 0 Å². The molecule has 0 saturated heterocycles. The first-order chi connectivity index (χ1) is 12.0. The predicted octanol–water partition coefficient (Wildman–Crippen LogP) is 4.64. The van der Waals surface area contributed by atoms with Gasteiger partial charge in [0.2, 0.25) is 0 Å². The first kappa shape index (κ1) is 17.2. The standard InChI is InChI=1S/C20H16FNO2S/c1-13-18(14(2)23)12-22(16-6-4-3-5-7-16)20(24)19(13)25-17-10-8-15(21)9-11-17/h3-12H,1-2H3. The molecule has 0 saturated carbocycles. The molecule has 0 unspecified atom stereocenters. The molecular formula is C20H16FNO2S. The lowest BCUT2D eigenvalue weighted by atomic mass is 10.1. The summed E-state index contributed by atoms with van der Waals surface area (Å²) in [6.45, 7) is 3.24. The summed E-state index contributed by atoms with van der Waals surface area (Å²) in [5.41, 5.74) is 1.62. The number of para-hydroxylation sites is 1. The summed E-state index contributed by atoms with van der Waals surface area (Å²) in [6, 6.07) is 15.1. The molecule has 0 aliphatic rings. The lowest BCUT2D eigenvalue weighted by molar-refractivity contribution is 0.101. The van der Waals surface area contributed by atoms with Gasteiger partial charge in [-0.15, -0.1) is 0 Å². The van der Waals surface area contributed by atoms with Gasteiger partial charge in [0.05, 0.1) is 4.90 Å². The van der Waals surface area contributed by atoms with E-state index < -0.39 is 0 Å². The summed E-state index contributed by atoms with van der Waals surface area (Å²) in [7, 11) is 0. The topological polar surface area (TPSA) is 39.1 Å². The monoisotopic (exact) mass is 353 g/mol. The minimum absolute atomic E-state index is 0.108. The van der Waals surface area contributed by atoms with Gasteiger partial charge in [0.15, 0.2) is 5.78 Å². The van der Waals surface area contributed by atoms with Crippen LogP contribution in [0.15, 0.2) is 75.4 Å². The maximum Gasteiger partial charge on any atom is 0.269 e. The van der Waals surface area contributed by atoms with E-state index in [1.54, 1.807) is 25.3 Å². The van der Waals surface area contributed by atoms with Crippen molar-refractivity contribution in [1.29, 1.82) is 0 Å². The molecule has 126 valence electrons. The lowest BCUT2D eigenvalue weighted by Gasteiger charge is -2.14. The number of benzene rings is 2. The van der Waals surface area contributed by atoms with Crippen LogP contribution in [0.4, 0.5) is 4.39 Å². The number of aromatic nitrogens is 1. The molecular weight excluding hydrogens is 337 g/mol. The highest BCUT2D eigenvalue weighted by Crippen LogP contribution is 2.29. The Morgan fingerprint density at radius 2 is 1.68 bits per heavy atom. The van der Waals surface area contributed by atoms with Crippen molar-refractivity contribution >= 4 is 17.5 Å². The molecule has 0 radical (unpaired) electrons. The highest BCUT2D eigenvalue weighted by Gasteiger charge is 2.17. The Hall–Kier alpha value is -2.66. The predicted molar refractivity (Wildman–Crippen MR) is 97.3 cm³/mol. The molecule has 1 aromatic heterocycles. The van der Waals surface area contributed by atoms with Crippen LogP contribution in [0.5, 0.6) is 0 Å². The second-order valence-electron chi connectivity index (χ2n) is 5.62. The van der Waals surface area contributed by atoms with Crippen LogP contribution in [0.3, 0.4) is 0 Å². The first-order valence-corrected chi connectivity index (χ1v) is 8.55. The number of nitrogens with zero attached hydrogens (tertiary/aromatic N) is 1. The van der Waals surface area contributed by atoms with Gasteiger partial charge in [-0.05, 0) is 55.8 Å². The summed E-state index contributed by atoms with van der Waals surface area (Å²) in [4.78, 5) is 26.2. The van der Waals surface area contributed by atoms with E-state index in [0.29, 0.717) is 21.7 Å². The Balaban J connectivity index is 2.19. The van der Waals surface area contributed by atoms with Gasteiger partial charge in [-0.2, -0.15) is 0 Å². The Morgan fingerprint density at radius 3 is 2.28 bits per heavy atom. The molecule has 0 amide bonds. The summed E-state index contributed by atoms with van der Waals surface area (Å²) in [5.74, 6) is -0.441. The van der Waals surface area contributed by atoms with Crippen molar-refractivity contribution in [2.24, 2.45) is 0 Å². The molecule has 5 heteroatoms. The van der Waals surface area contributed by atoms with Crippen LogP contribution in [-0.2, 0) is 0 Å². The SMILES string of the molecule is CC(=O)c1cn(-c2ccccc2)c(=O)c(Sc2ccc(F)cc2)c1C. The van der Waals surface area contributed by atoms with Crippen LogP contribution in [0.1, 0.15) is 22.8 Å². The summed E-state index contributed by atoms with van der Waals surface area (Å²) >= 11 is 1.24. The number of Topliss-reactive ketones (excluding diaryl/α,β-unsaturated/α-hetero) is 1. The highest BCUT2D eigenvalue weighted by molar-refractivity contribution is 7.99. The van der Waals surface area contributed by atoms with E-state index in [-0.39, 0.29) is 17.2 Å². The zero-order valence-electron chi connectivity index (χ0n) is 13.8. The molecule has 3 aromatic rings. The van der Waals surface area contributed by atoms with Gasteiger partial charge in [0.1, 0.15) is 5.82 Å². The van der Waals surface area contributed by atoms with Crippen LogP contribution in [0.2, 0.25) is 0 Å². The van der Waals surface area contributed by atoms with E-state index in [4.69, 9.17) is 0 Å². The minimum atomic E-state index is -0.333. The molecule has 0 fully saturated rings. The molecule has 0 bridgehead atoms. The largest absolute Gasteiger partial charge is 0.294 e. The van der Waals surface area contributed by atoms with E-state index in [2.05, 4.69) is 0 Å². The molecule has 0 aliphatic heterocycles. The van der Waals surface area contributed by atoms with Crippen molar-refractivity contribution in [1.82, 2.24) is 4.57 Å². The Labute approximate surface area is 149 Å². The fraction of sp³-hybridized carbons (Fsp3) is 0.100. The third kappa shape index (κ3) is 3.56. The lowest BCUT2D eigenvalue weighted by Crippen LogP contribution is -2.23. The van der Waals surface area contributed by atoms with E-state index in [9.17, 15) is 14.0 Å². The van der Waals surface area contributed by atoms with Gasteiger partial charge in [0.25, 0.3) is 5.56 Å². The maximum atomic E-state index is 13.1. The van der Waals surface area contributed by atoms with Crippen LogP contribution in [0.25, 0.3) is 5.69 Å². The molecule has 1 heterocycles. The Kier molecular flexibility index (Phi) is 4.86. The molecule has 2 aromatic carbocycles. The normalized spacial score (nSPS) is 10.7. The van der Waals surface area contributed by atoms with Gasteiger partial charge >= 0.3 is 0 Å². The number of hydrogen-bond acceptors (Lipinski definition) is 3. The van der Waals surface area contributed by atoms with Crippen LogP contribution < -0.4 is 5.56 Å². The van der Waals surface area contributed by atoms with Crippen molar-refractivity contribution in [2.45, 2.75) is 23.6 Å². The summed E-state index contributed by atoms with van der Waals surface area (Å²) < 4.78 is 14.6. The van der Waals surface area contributed by atoms with Crippen LogP contribution in [0, 0.1) is 12.7 Å². The van der Waals surface area contributed by atoms with E-state index >= 15 is 0 Å². The van der Waals surface area contributed by atoms with E-state index in [1.165, 1.54) is 35.4 Å². The average molecular weight is 353 g/mol. The Bertz CT molecular complexity index is 979. The number of carbonyl (C=O) groups excluding carboxylic acids is 1. The van der Waals surface area contributed by atoms with Gasteiger partial charge < -0.3 is 0 Å². The van der Waals surface area contributed by atoms with Crippen molar-refractivity contribution in [3.8, 4) is 5.69 Å². The number of hydrogen-bond donors (Lipinski definition) is 0. The second-order valence-corrected chi connectivity index (χ2v) is 6.70. The third-order valence-corrected chi connectivity index (χ3v) is 5.06. The highest BCUT2D eigenvalue weighted by atomic mass is 32.2. The molecule has 0 aliphatic carbocycles. The third-order valence-electron chi connectivity index (χ3n) is 3.86. The fourth-order valence-corrected chi connectivity index (χ4v) is 3.51. The molecule has 25 heavy (non-hydrogen) atoms. The first-order valence-electron chi connectivity index (χ1n) is 7.73. The molecule has 0 N–H and O–H groups in total. The molecule has 3 rings (SSSR count).